The van der Waals surface area contributed by atoms with E-state index < -0.39 is 89.7 Å². The monoisotopic (exact) mass is 1170 g/mol. The molecule has 444 valence electrons. The first kappa shape index (κ1) is 66.8. The quantitative estimate of drug-likeness (QED) is 0.0230. The fourth-order valence-electron chi connectivity index (χ4n) is 8.73. The number of thioether (sulfide) groups is 2. The first-order valence-electron chi connectivity index (χ1n) is 26.7. The molecule has 3 aromatic rings. The number of nitrogens with two attached hydrogens (primary N) is 1. The second-order valence-electron chi connectivity index (χ2n) is 21.1. The molecule has 0 saturated heterocycles. The molecule has 1 aliphatic heterocycles. The summed E-state index contributed by atoms with van der Waals surface area (Å²) in [6, 6.07) is 9.22. The Bertz CT molecular complexity index is 2670. The van der Waals surface area contributed by atoms with Crippen molar-refractivity contribution in [3.63, 3.8) is 0 Å². The van der Waals surface area contributed by atoms with Crippen molar-refractivity contribution in [2.45, 2.75) is 123 Å². The molecule has 0 aliphatic carbocycles. The van der Waals surface area contributed by atoms with Crippen LogP contribution < -0.4 is 32.3 Å². The highest BCUT2D eigenvalue weighted by molar-refractivity contribution is 8.00. The molecule has 7 amide bonds. The van der Waals surface area contributed by atoms with Crippen molar-refractivity contribution >= 4 is 76.8 Å². The Morgan fingerprint density at radius 1 is 0.790 bits per heavy atom. The summed E-state index contributed by atoms with van der Waals surface area (Å²) in [5, 5.41) is 43.3. The van der Waals surface area contributed by atoms with Crippen molar-refractivity contribution in [1.82, 2.24) is 41.0 Å². The first-order chi connectivity index (χ1) is 38.3. The minimum absolute atomic E-state index is 0.0199. The van der Waals surface area contributed by atoms with Gasteiger partial charge in [-0.1, -0.05) is 71.4 Å². The molecule has 2 aromatic carbocycles. The average molecular weight is 1170 g/mol. The SMILES string of the molecule is CC(C)[C@H](NC(=O)CCCCCN1C(=O)C=CC1=O)C(=O)N[C@@H](C)C(O)NCCCN(C(=O)CSCCC(=O)N[C@H](CNC(=O)CSC[C@H](N)C(=O)O)C(=O)O)[C@@H](c1cc(-c2cc(F)ccc2F)cn1Cc1ccccc1)C(C)(C)C. The van der Waals surface area contributed by atoms with Gasteiger partial charge in [-0.15, -0.1) is 11.8 Å². The van der Waals surface area contributed by atoms with Gasteiger partial charge in [0.1, 0.15) is 36.0 Å². The highest BCUT2D eigenvalue weighted by atomic mass is 32.2. The largest absolute Gasteiger partial charge is 0.480 e. The van der Waals surface area contributed by atoms with Crippen LogP contribution in [0.25, 0.3) is 11.1 Å². The van der Waals surface area contributed by atoms with Crippen LogP contribution in [-0.4, -0.2) is 163 Å². The summed E-state index contributed by atoms with van der Waals surface area (Å²) in [6.07, 6.45) is 4.62. The van der Waals surface area contributed by atoms with Crippen LogP contribution in [0.5, 0.6) is 0 Å². The molecule has 0 fully saturated rings. The van der Waals surface area contributed by atoms with Crippen molar-refractivity contribution in [2.24, 2.45) is 17.1 Å². The van der Waals surface area contributed by atoms with E-state index in [-0.39, 0.29) is 97.0 Å². The zero-order valence-corrected chi connectivity index (χ0v) is 48.2. The zero-order valence-electron chi connectivity index (χ0n) is 46.6. The number of carbonyl (C=O) groups is 9. The lowest BCUT2D eigenvalue weighted by Crippen LogP contribution is -2.56. The van der Waals surface area contributed by atoms with Crippen LogP contribution in [0.2, 0.25) is 0 Å². The lowest BCUT2D eigenvalue weighted by atomic mass is 9.83. The third-order valence-corrected chi connectivity index (χ3v) is 15.0. The number of carboxylic acid groups (broad SMARTS) is 2. The molecule has 25 heteroatoms. The number of rotatable bonds is 35. The van der Waals surface area contributed by atoms with Crippen LogP contribution in [0, 0.1) is 23.0 Å². The van der Waals surface area contributed by atoms with E-state index in [0.29, 0.717) is 37.1 Å². The van der Waals surface area contributed by atoms with Crippen molar-refractivity contribution in [1.29, 1.82) is 0 Å². The average Bonchev–Trinajstić information content (AvgIpc) is 4.00. The van der Waals surface area contributed by atoms with Gasteiger partial charge in [0, 0.05) is 85.7 Å². The molecule has 21 nitrogen and oxygen atoms in total. The molecule has 6 atom stereocenters. The van der Waals surface area contributed by atoms with E-state index in [2.05, 4.69) is 26.6 Å². The summed E-state index contributed by atoms with van der Waals surface area (Å²) in [5.74, 6) is -7.75. The topological polar surface area (TPSA) is 312 Å². The Labute approximate surface area is 479 Å². The lowest BCUT2D eigenvalue weighted by Gasteiger charge is -2.41. The molecule has 81 heavy (non-hydrogen) atoms. The minimum atomic E-state index is -1.49. The number of aliphatic hydroxyl groups excluding tert-OH is 1. The number of nitrogens with one attached hydrogen (secondary N) is 5. The summed E-state index contributed by atoms with van der Waals surface area (Å²) >= 11 is 2.07. The highest BCUT2D eigenvalue weighted by Crippen LogP contribution is 2.41. The second-order valence-corrected chi connectivity index (χ2v) is 23.2. The summed E-state index contributed by atoms with van der Waals surface area (Å²) in [5.41, 5.74) is 6.64. The molecular formula is C56H77F2N9O12S2. The number of aliphatic carboxylic acids is 2. The molecule has 1 aromatic heterocycles. The Hall–Kier alpha value is -6.67. The van der Waals surface area contributed by atoms with Gasteiger partial charge in [-0.2, -0.15) is 11.8 Å². The summed E-state index contributed by atoms with van der Waals surface area (Å²) in [6.45, 7) is 11.3. The molecular weight excluding hydrogens is 1090 g/mol. The number of imide groups is 1. The number of benzene rings is 2. The summed E-state index contributed by atoms with van der Waals surface area (Å²) < 4.78 is 32.0. The van der Waals surface area contributed by atoms with Crippen molar-refractivity contribution in [2.75, 3.05) is 49.2 Å². The van der Waals surface area contributed by atoms with E-state index in [1.54, 1.807) is 37.9 Å². The van der Waals surface area contributed by atoms with E-state index in [1.165, 1.54) is 12.2 Å². The molecule has 4 rings (SSSR count). The predicted molar refractivity (Wildman–Crippen MR) is 304 cm³/mol. The van der Waals surface area contributed by atoms with Crippen LogP contribution in [0.1, 0.15) is 97.4 Å². The fourth-order valence-corrected chi connectivity index (χ4v) is 10.4. The Morgan fingerprint density at radius 2 is 1.47 bits per heavy atom. The first-order valence-corrected chi connectivity index (χ1v) is 29.0. The number of carboxylic acids is 2. The molecule has 0 spiro atoms. The maximum atomic E-state index is 15.5. The highest BCUT2D eigenvalue weighted by Gasteiger charge is 2.37. The van der Waals surface area contributed by atoms with Crippen LogP contribution >= 0.6 is 23.5 Å². The normalized spacial score (nSPS) is 14.7. The number of aliphatic hydroxyl groups is 1. The van der Waals surface area contributed by atoms with Gasteiger partial charge >= 0.3 is 11.9 Å². The van der Waals surface area contributed by atoms with Crippen molar-refractivity contribution in [3.8, 4) is 11.1 Å². The lowest BCUT2D eigenvalue weighted by molar-refractivity contribution is -0.142. The number of carbonyl (C=O) groups excluding carboxylic acids is 7. The van der Waals surface area contributed by atoms with E-state index in [9.17, 15) is 57.8 Å². The van der Waals surface area contributed by atoms with Gasteiger partial charge in [0.25, 0.3) is 11.8 Å². The van der Waals surface area contributed by atoms with E-state index in [0.717, 1.165) is 52.2 Å². The third kappa shape index (κ3) is 22.0. The molecule has 10 N–H and O–H groups in total. The smallest absolute Gasteiger partial charge is 0.328 e. The van der Waals surface area contributed by atoms with Crippen molar-refractivity contribution in [3.05, 3.63) is 95.8 Å². The van der Waals surface area contributed by atoms with E-state index >= 15 is 4.39 Å². The zero-order chi connectivity index (χ0) is 60.0. The van der Waals surface area contributed by atoms with Crippen molar-refractivity contribution < 1.29 is 67.3 Å². The van der Waals surface area contributed by atoms with E-state index in [1.807, 2.05) is 55.7 Å². The molecule has 1 aliphatic rings. The third-order valence-electron chi connectivity index (χ3n) is 13.0. The van der Waals surface area contributed by atoms with Crippen LogP contribution in [0.3, 0.4) is 0 Å². The number of halogens is 2. The minimum Gasteiger partial charge on any atom is -0.480 e. The molecule has 0 saturated carbocycles. The van der Waals surface area contributed by atoms with Crippen LogP contribution in [-0.2, 0) is 49.7 Å². The van der Waals surface area contributed by atoms with E-state index in [4.69, 9.17) is 10.8 Å². The van der Waals surface area contributed by atoms with Gasteiger partial charge in [-0.3, -0.25) is 48.6 Å². The number of hydrogen-bond donors (Lipinski definition) is 9. The number of amides is 7. The molecule has 1 unspecified atom stereocenters. The van der Waals surface area contributed by atoms with Gasteiger partial charge < -0.3 is 51.8 Å². The molecule has 2 heterocycles. The number of unbranched alkanes of at least 4 members (excludes halogenated alkanes) is 2. The maximum absolute atomic E-state index is 15.5. The Balaban J connectivity index is 1.46. The number of aromatic nitrogens is 1. The summed E-state index contributed by atoms with van der Waals surface area (Å²) in [7, 11) is 0. The van der Waals surface area contributed by atoms with Gasteiger partial charge in [0.15, 0.2) is 0 Å². The standard InChI is InChI=1S/C56H77F2N9O12S2/c1-34(2)50(64-44(68)16-11-8-12-23-66-47(71)19-20-48(66)72)53(75)62-35(3)52(74)60-22-13-24-67(49(73)33-80-25-21-45(69)63-42(55(78)79)28-61-46(70)32-81-31-41(59)54(76)77)51(56(4,5)6)43-26-37(39-27-38(57)17-18-40(39)58)30-65(43)29-36-14-9-7-10-15-36/h7,9-10,14-15,17-20,26-27,30,34-35,41-42,50-52,60,74H,8,11-13,16,21-25,28-29,31-33,59H2,1-6H3,(H,61,70)(H,62,75)(H,63,69)(H,64,68)(H,76,77)(H,78,79)/t35-,41-,42+,50-,51-,52?/m0/s1. The van der Waals surface area contributed by atoms with Gasteiger partial charge in [-0.25, -0.2) is 13.6 Å². The number of nitrogens with zero attached hydrogens (tertiary/aromatic N) is 3. The Morgan fingerprint density at radius 3 is 2.11 bits per heavy atom. The Kier molecular flexibility index (Phi) is 27.0. The predicted octanol–water partition coefficient (Wildman–Crippen LogP) is 3.78. The maximum Gasteiger partial charge on any atom is 0.328 e. The van der Waals surface area contributed by atoms with Crippen LogP contribution in [0.4, 0.5) is 8.78 Å². The molecule has 0 bridgehead atoms. The number of hydrogen-bond acceptors (Lipinski definition) is 14. The molecule has 0 radical (unpaired) electrons. The fraction of sp³-hybridized carbons (Fsp3) is 0.518. The summed E-state index contributed by atoms with van der Waals surface area (Å²) in [4.78, 5) is 116. The second kappa shape index (κ2) is 32.7. The van der Waals surface area contributed by atoms with Crippen LogP contribution in [0.15, 0.2) is 72.9 Å². The van der Waals surface area contributed by atoms with Gasteiger partial charge in [-0.05, 0) is 73.9 Å². The van der Waals surface area contributed by atoms with Gasteiger partial charge in [0.2, 0.25) is 29.5 Å². The van der Waals surface area contributed by atoms with Gasteiger partial charge in [0.05, 0.1) is 23.6 Å².